The second-order valence-electron chi connectivity index (χ2n) is 6.45. The Balaban J connectivity index is 0.000000465. The predicted molar refractivity (Wildman–Crippen MR) is 107 cm³/mol. The van der Waals surface area contributed by atoms with Gasteiger partial charge in [0.25, 0.3) is 0 Å². The molecule has 0 saturated heterocycles. The Labute approximate surface area is 164 Å². The number of nitriles is 1. The average Bonchev–Trinajstić information content (AvgIpc) is 3.50. The summed E-state index contributed by atoms with van der Waals surface area (Å²) in [5.74, 6) is 0.980. The fourth-order valence-electron chi connectivity index (χ4n) is 2.10. The van der Waals surface area contributed by atoms with Gasteiger partial charge in [0.05, 0.1) is 22.7 Å². The summed E-state index contributed by atoms with van der Waals surface area (Å²) in [6, 6.07) is 8.45. The minimum Gasteiger partial charge on any atom is -0.324 e. The Kier molecular flexibility index (Phi) is 7.28. The second kappa shape index (κ2) is 9.44. The highest BCUT2D eigenvalue weighted by Crippen LogP contribution is 2.46. The summed E-state index contributed by atoms with van der Waals surface area (Å²) in [6.07, 6.45) is 5.72. The van der Waals surface area contributed by atoms with E-state index in [0.717, 1.165) is 18.5 Å². The third-order valence-electron chi connectivity index (χ3n) is 4.13. The number of aromatic nitrogens is 3. The Bertz CT molecular complexity index is 829. The number of hydrogen-bond donors (Lipinski definition) is 2. The normalized spacial score (nSPS) is 13.9. The monoisotopic (exact) mass is 384 g/mol. The molecule has 0 radical (unpaired) electrons. The van der Waals surface area contributed by atoms with Crippen molar-refractivity contribution >= 4 is 29.7 Å². The maximum Gasteiger partial charge on any atom is 0.189 e. The smallest absolute Gasteiger partial charge is 0.189 e. The van der Waals surface area contributed by atoms with Gasteiger partial charge in [0.15, 0.2) is 11.4 Å². The fourth-order valence-corrected chi connectivity index (χ4v) is 2.44. The van der Waals surface area contributed by atoms with Gasteiger partial charge in [-0.25, -0.2) is 15.0 Å². The van der Waals surface area contributed by atoms with E-state index in [1.165, 1.54) is 18.0 Å². The zero-order chi connectivity index (χ0) is 19.9. The number of pyridine rings is 1. The molecular weight excluding hydrogens is 360 g/mol. The van der Waals surface area contributed by atoms with Crippen molar-refractivity contribution in [2.45, 2.75) is 43.3 Å². The van der Waals surface area contributed by atoms with Crippen LogP contribution in [0.2, 0.25) is 0 Å². The summed E-state index contributed by atoms with van der Waals surface area (Å²) in [5, 5.41) is 15.9. The Hall–Kier alpha value is -2.50. The second-order valence-corrected chi connectivity index (χ2v) is 7.22. The van der Waals surface area contributed by atoms with Gasteiger partial charge < -0.3 is 10.6 Å². The molecule has 2 aromatic heterocycles. The first kappa shape index (κ1) is 20.8. The van der Waals surface area contributed by atoms with E-state index in [4.69, 9.17) is 0 Å². The van der Waals surface area contributed by atoms with Gasteiger partial charge in [0.1, 0.15) is 11.6 Å². The molecule has 1 aliphatic rings. The lowest BCUT2D eigenvalue weighted by atomic mass is 10.0. The van der Waals surface area contributed by atoms with Crippen molar-refractivity contribution in [3.05, 3.63) is 35.7 Å². The molecular formula is C19H24N6OS. The predicted octanol–water partition coefficient (Wildman–Crippen LogP) is 3.32. The average molecular weight is 385 g/mol. The van der Waals surface area contributed by atoms with E-state index in [2.05, 4.69) is 45.5 Å². The quantitative estimate of drug-likeness (QED) is 0.444. The molecule has 0 aromatic carbocycles. The van der Waals surface area contributed by atoms with Gasteiger partial charge in [0.2, 0.25) is 0 Å². The summed E-state index contributed by atoms with van der Waals surface area (Å²) in [7, 11) is 1.95. The number of rotatable bonds is 6. The van der Waals surface area contributed by atoms with Crippen LogP contribution in [0.3, 0.4) is 0 Å². The van der Waals surface area contributed by atoms with Crippen LogP contribution in [-0.2, 0) is 5.41 Å². The highest BCUT2D eigenvalue weighted by atomic mass is 32.2. The van der Waals surface area contributed by atoms with Gasteiger partial charge in [-0.15, -0.1) is 0 Å². The van der Waals surface area contributed by atoms with Crippen LogP contribution in [-0.4, -0.2) is 40.6 Å². The van der Waals surface area contributed by atoms with E-state index in [-0.39, 0.29) is 0 Å². The molecule has 0 amide bonds. The van der Waals surface area contributed by atoms with Crippen molar-refractivity contribution < 1.29 is 4.79 Å². The van der Waals surface area contributed by atoms with Crippen LogP contribution in [0.15, 0.2) is 29.6 Å². The highest BCUT2D eigenvalue weighted by molar-refractivity contribution is 7.98. The van der Waals surface area contributed by atoms with Crippen LogP contribution >= 0.6 is 11.8 Å². The van der Waals surface area contributed by atoms with Crippen molar-refractivity contribution in [1.29, 1.82) is 5.26 Å². The lowest BCUT2D eigenvalue weighted by Crippen LogP contribution is -2.15. The molecule has 0 bridgehead atoms. The van der Waals surface area contributed by atoms with Crippen LogP contribution in [0.25, 0.3) is 0 Å². The molecule has 7 nitrogen and oxygen atoms in total. The first-order valence-electron chi connectivity index (χ1n) is 8.67. The molecule has 1 fully saturated rings. The summed E-state index contributed by atoms with van der Waals surface area (Å²) >= 11 is 1.39. The van der Waals surface area contributed by atoms with Gasteiger partial charge in [-0.05, 0) is 38.3 Å². The molecule has 0 atom stereocenters. The Morgan fingerprint density at radius 2 is 2.04 bits per heavy atom. The highest BCUT2D eigenvalue weighted by Gasteiger charge is 2.46. The van der Waals surface area contributed by atoms with Crippen LogP contribution in [0.4, 0.5) is 11.6 Å². The number of thioether (sulfide) groups is 1. The van der Waals surface area contributed by atoms with Gasteiger partial charge in [-0.2, -0.15) is 5.26 Å². The first-order chi connectivity index (χ1) is 13.0. The maximum atomic E-state index is 11.1. The largest absolute Gasteiger partial charge is 0.324 e. The fraction of sp³-hybridized carbons (Fsp3) is 0.421. The van der Waals surface area contributed by atoms with E-state index < -0.39 is 5.41 Å². The number of nitrogens with one attached hydrogen (secondary N) is 2. The lowest BCUT2D eigenvalue weighted by molar-refractivity contribution is 0.112. The van der Waals surface area contributed by atoms with Crippen LogP contribution in [0, 0.1) is 11.3 Å². The minimum absolute atomic E-state index is 0.367. The van der Waals surface area contributed by atoms with Crippen LogP contribution < -0.4 is 10.6 Å². The molecule has 0 aliphatic heterocycles. The molecule has 8 heteroatoms. The molecule has 0 unspecified atom stereocenters. The van der Waals surface area contributed by atoms with E-state index in [1.807, 2.05) is 25.4 Å². The van der Waals surface area contributed by atoms with E-state index >= 15 is 0 Å². The molecule has 27 heavy (non-hydrogen) atoms. The Morgan fingerprint density at radius 1 is 1.33 bits per heavy atom. The lowest BCUT2D eigenvalue weighted by Gasteiger charge is -2.10. The van der Waals surface area contributed by atoms with Crippen molar-refractivity contribution in [2.75, 3.05) is 18.6 Å². The zero-order valence-corrected chi connectivity index (χ0v) is 16.8. The molecule has 1 aliphatic carbocycles. The first-order valence-corrected chi connectivity index (χ1v) is 9.89. The van der Waals surface area contributed by atoms with Crippen molar-refractivity contribution in [3.63, 3.8) is 0 Å². The number of aldehydes is 1. The minimum atomic E-state index is -0.443. The molecule has 2 heterocycles. The van der Waals surface area contributed by atoms with Gasteiger partial charge in [0, 0.05) is 12.2 Å². The van der Waals surface area contributed by atoms with Crippen LogP contribution in [0.5, 0.6) is 0 Å². The van der Waals surface area contributed by atoms with Gasteiger partial charge in [-0.3, -0.25) is 4.79 Å². The van der Waals surface area contributed by atoms with E-state index in [9.17, 15) is 10.1 Å². The van der Waals surface area contributed by atoms with Crippen molar-refractivity contribution in [2.24, 2.45) is 0 Å². The van der Waals surface area contributed by atoms with Gasteiger partial charge >= 0.3 is 0 Å². The zero-order valence-electron chi connectivity index (χ0n) is 16.0. The third-order valence-corrected chi connectivity index (χ3v) is 4.69. The molecule has 2 aromatic rings. The Morgan fingerprint density at radius 3 is 2.56 bits per heavy atom. The molecule has 0 spiro atoms. The maximum absolute atomic E-state index is 11.1. The molecule has 1 saturated carbocycles. The number of nitrogens with zero attached hydrogens (tertiary/aromatic N) is 4. The number of anilines is 2. The molecule has 142 valence electrons. The van der Waals surface area contributed by atoms with Crippen molar-refractivity contribution in [1.82, 2.24) is 20.3 Å². The van der Waals surface area contributed by atoms with Crippen molar-refractivity contribution in [3.8, 4) is 6.07 Å². The van der Waals surface area contributed by atoms with E-state index in [1.54, 1.807) is 6.07 Å². The van der Waals surface area contributed by atoms with E-state index in [0.29, 0.717) is 34.7 Å². The van der Waals surface area contributed by atoms with Gasteiger partial charge in [-0.1, -0.05) is 31.7 Å². The summed E-state index contributed by atoms with van der Waals surface area (Å²) in [5.41, 5.74) is 0.680. The number of carbonyl (C=O) groups is 1. The summed E-state index contributed by atoms with van der Waals surface area (Å²) in [4.78, 5) is 24.0. The molecule has 2 N–H and O–H groups in total. The third kappa shape index (κ3) is 5.49. The SMILES string of the molecule is CNC(C)C.CSc1ncc(C=O)c(Nc2cccc(C3(C#N)CC3)n2)n1. The molecule has 3 rings (SSSR count). The topological polar surface area (TPSA) is 104 Å². The number of hydrogen-bond acceptors (Lipinski definition) is 8. The van der Waals surface area contributed by atoms with Crippen LogP contribution in [0.1, 0.15) is 42.7 Å². The standard InChI is InChI=1S/C15H13N5OS.C4H11N/c1-22-14-17-7-10(8-21)13(20-14)19-12-4-2-3-11(18-12)15(9-16)5-6-15;1-4(2)5-3/h2-4,7-8H,5-6H2,1H3,(H,17,18,19,20);4-5H,1-3H3. The summed E-state index contributed by atoms with van der Waals surface area (Å²) < 4.78 is 0. The number of carbonyl (C=O) groups excluding carboxylic acids is 1. The summed E-state index contributed by atoms with van der Waals surface area (Å²) in [6.45, 7) is 4.22.